The number of hydrogen-bond acceptors (Lipinski definition) is 9. The molecular formula is C23H20N2O6S. The number of anilines is 1. The fourth-order valence-corrected chi connectivity index (χ4v) is 3.76. The van der Waals surface area contributed by atoms with Gasteiger partial charge in [0, 0.05) is 23.0 Å². The Bertz CT molecular complexity index is 1140. The van der Waals surface area contributed by atoms with Crippen molar-refractivity contribution in [2.45, 2.75) is 9.92 Å². The monoisotopic (exact) mass is 452 g/mol. The van der Waals surface area contributed by atoms with Gasteiger partial charge in [-0.05, 0) is 42.5 Å². The zero-order chi connectivity index (χ0) is 23.1. The van der Waals surface area contributed by atoms with Gasteiger partial charge < -0.3 is 19.1 Å². The molecule has 9 heteroatoms. The van der Waals surface area contributed by atoms with Gasteiger partial charge in [-0.15, -0.1) is 0 Å². The number of aromatic nitrogens is 1. The lowest BCUT2D eigenvalue weighted by Gasteiger charge is -2.23. The summed E-state index contributed by atoms with van der Waals surface area (Å²) in [6.07, 6.45) is 8.01. The summed E-state index contributed by atoms with van der Waals surface area (Å²) in [5.74, 6) is -1.80. The van der Waals surface area contributed by atoms with E-state index in [4.69, 9.17) is 14.2 Å². The van der Waals surface area contributed by atoms with Crippen LogP contribution >= 0.6 is 11.8 Å². The summed E-state index contributed by atoms with van der Waals surface area (Å²) in [4.78, 5) is 43.3. The van der Waals surface area contributed by atoms with E-state index in [1.165, 1.54) is 45.4 Å². The molecule has 1 aromatic heterocycles. The number of esters is 3. The van der Waals surface area contributed by atoms with Crippen molar-refractivity contribution >= 4 is 35.4 Å². The van der Waals surface area contributed by atoms with Crippen molar-refractivity contribution in [3.05, 3.63) is 83.9 Å². The van der Waals surface area contributed by atoms with Crippen molar-refractivity contribution in [1.82, 2.24) is 4.98 Å². The minimum Gasteiger partial charge on any atom is -0.465 e. The van der Waals surface area contributed by atoms with Crippen molar-refractivity contribution in [1.29, 1.82) is 0 Å². The lowest BCUT2D eigenvalue weighted by molar-refractivity contribution is -0.139. The largest absolute Gasteiger partial charge is 0.465 e. The van der Waals surface area contributed by atoms with Crippen LogP contribution in [0, 0.1) is 0 Å². The molecule has 0 saturated heterocycles. The molecular weight excluding hydrogens is 432 g/mol. The fourth-order valence-electron chi connectivity index (χ4n) is 2.89. The average molecular weight is 452 g/mol. The first-order chi connectivity index (χ1) is 15.5. The second-order valence-corrected chi connectivity index (χ2v) is 7.38. The Labute approximate surface area is 189 Å². The van der Waals surface area contributed by atoms with Crippen molar-refractivity contribution < 1.29 is 28.6 Å². The molecule has 2 aromatic rings. The van der Waals surface area contributed by atoms with Gasteiger partial charge in [-0.2, -0.15) is 0 Å². The highest BCUT2D eigenvalue weighted by atomic mass is 32.2. The van der Waals surface area contributed by atoms with Crippen LogP contribution in [0.2, 0.25) is 0 Å². The van der Waals surface area contributed by atoms with Gasteiger partial charge in [-0.1, -0.05) is 23.9 Å². The van der Waals surface area contributed by atoms with Crippen LogP contribution in [0.25, 0.3) is 0 Å². The molecule has 0 saturated carbocycles. The molecule has 0 aliphatic carbocycles. The molecule has 0 unspecified atom stereocenters. The van der Waals surface area contributed by atoms with Gasteiger partial charge in [0.1, 0.15) is 10.7 Å². The number of pyridine rings is 1. The van der Waals surface area contributed by atoms with Crippen molar-refractivity contribution in [3.63, 3.8) is 0 Å². The van der Waals surface area contributed by atoms with Crippen molar-refractivity contribution in [2.24, 2.45) is 0 Å². The summed E-state index contributed by atoms with van der Waals surface area (Å²) in [7, 11) is 3.80. The van der Waals surface area contributed by atoms with Crippen LogP contribution in [0.3, 0.4) is 0 Å². The highest BCUT2D eigenvalue weighted by molar-refractivity contribution is 7.99. The summed E-state index contributed by atoms with van der Waals surface area (Å²) < 4.78 is 14.5. The van der Waals surface area contributed by atoms with Crippen LogP contribution in [0.1, 0.15) is 10.4 Å². The van der Waals surface area contributed by atoms with E-state index in [-0.39, 0.29) is 11.3 Å². The first-order valence-corrected chi connectivity index (χ1v) is 10.2. The van der Waals surface area contributed by atoms with Crippen LogP contribution in [-0.2, 0) is 23.8 Å². The zero-order valence-corrected chi connectivity index (χ0v) is 18.4. The molecule has 1 aromatic carbocycles. The Balaban J connectivity index is 1.99. The van der Waals surface area contributed by atoms with Crippen LogP contribution in [0.15, 0.2) is 88.2 Å². The first-order valence-electron chi connectivity index (χ1n) is 9.35. The van der Waals surface area contributed by atoms with Crippen LogP contribution in [0.4, 0.5) is 5.69 Å². The molecule has 0 spiro atoms. The topological polar surface area (TPSA) is 95.0 Å². The van der Waals surface area contributed by atoms with E-state index in [1.54, 1.807) is 47.5 Å². The number of carbonyl (C=O) groups excluding carboxylic acids is 3. The van der Waals surface area contributed by atoms with E-state index < -0.39 is 17.9 Å². The highest BCUT2D eigenvalue weighted by Crippen LogP contribution is 2.32. The molecule has 1 aliphatic rings. The number of nitrogens with zero attached hydrogens (tertiary/aromatic N) is 2. The smallest absolute Gasteiger partial charge is 0.355 e. The van der Waals surface area contributed by atoms with E-state index in [1.807, 2.05) is 12.1 Å². The number of methoxy groups -OCH3 is 3. The predicted molar refractivity (Wildman–Crippen MR) is 118 cm³/mol. The Morgan fingerprint density at radius 3 is 2.38 bits per heavy atom. The number of allylic oxidation sites excluding steroid dienone is 2. The van der Waals surface area contributed by atoms with E-state index in [0.717, 1.165) is 4.90 Å². The summed E-state index contributed by atoms with van der Waals surface area (Å²) in [5.41, 5.74) is 1.09. The molecule has 0 N–H and O–H groups in total. The summed E-state index contributed by atoms with van der Waals surface area (Å²) in [6, 6.07) is 10.5. The minimum atomic E-state index is -0.688. The van der Waals surface area contributed by atoms with Gasteiger partial charge in [0.2, 0.25) is 0 Å². The molecule has 8 nitrogen and oxygen atoms in total. The number of benzene rings is 1. The maximum Gasteiger partial charge on any atom is 0.355 e. The van der Waals surface area contributed by atoms with E-state index >= 15 is 0 Å². The zero-order valence-electron chi connectivity index (χ0n) is 17.6. The summed E-state index contributed by atoms with van der Waals surface area (Å²) in [6.45, 7) is 0. The van der Waals surface area contributed by atoms with Crippen LogP contribution < -0.4 is 4.90 Å². The second-order valence-electron chi connectivity index (χ2n) is 6.29. The molecule has 1 aliphatic heterocycles. The fraction of sp³-hybridized carbons (Fsp3) is 0.130. The average Bonchev–Trinajstić information content (AvgIpc) is 3.06. The molecule has 0 radical (unpaired) electrons. The third-order valence-electron chi connectivity index (χ3n) is 4.36. The Morgan fingerprint density at radius 2 is 1.66 bits per heavy atom. The normalized spacial score (nSPS) is 12.9. The molecule has 0 fully saturated rings. The lowest BCUT2D eigenvalue weighted by atomic mass is 10.1. The minimum absolute atomic E-state index is 0.0253. The molecule has 0 bridgehead atoms. The first kappa shape index (κ1) is 22.8. The number of rotatable bonds is 6. The van der Waals surface area contributed by atoms with Gasteiger partial charge >= 0.3 is 17.9 Å². The highest BCUT2D eigenvalue weighted by Gasteiger charge is 2.27. The van der Waals surface area contributed by atoms with Gasteiger partial charge in [-0.3, -0.25) is 0 Å². The Kier molecular flexibility index (Phi) is 7.45. The van der Waals surface area contributed by atoms with Crippen molar-refractivity contribution in [2.75, 3.05) is 26.2 Å². The number of carbonyl (C=O) groups is 3. The molecule has 2 heterocycles. The van der Waals surface area contributed by atoms with Gasteiger partial charge in [0.25, 0.3) is 0 Å². The van der Waals surface area contributed by atoms with Crippen LogP contribution in [-0.4, -0.2) is 44.2 Å². The standard InChI is InChI=1S/C23H20N2O6S/c1-29-21(26)15-10-11-24-19(13-15)32-17-8-6-7-16(14-17)25-12-5-4-9-18(22(27)30-2)20(25)23(28)31-3/h4-14H,1-3H3. The van der Waals surface area contributed by atoms with Crippen molar-refractivity contribution in [3.8, 4) is 0 Å². The Hall–Kier alpha value is -3.85. The lowest BCUT2D eigenvalue weighted by Crippen LogP contribution is -2.26. The van der Waals surface area contributed by atoms with E-state index in [0.29, 0.717) is 16.3 Å². The van der Waals surface area contributed by atoms with E-state index in [2.05, 4.69) is 4.98 Å². The van der Waals surface area contributed by atoms with Gasteiger partial charge in [0.15, 0.2) is 0 Å². The quantitative estimate of drug-likeness (QED) is 0.482. The van der Waals surface area contributed by atoms with Crippen LogP contribution in [0.5, 0.6) is 0 Å². The molecule has 0 atom stereocenters. The number of hydrogen-bond donors (Lipinski definition) is 0. The second kappa shape index (κ2) is 10.5. The number of ether oxygens (including phenoxy) is 3. The third kappa shape index (κ3) is 5.06. The summed E-state index contributed by atoms with van der Waals surface area (Å²) in [5, 5.41) is 0.595. The predicted octanol–water partition coefficient (Wildman–Crippen LogP) is 3.51. The molecule has 0 amide bonds. The maximum atomic E-state index is 12.6. The Morgan fingerprint density at radius 1 is 0.906 bits per heavy atom. The third-order valence-corrected chi connectivity index (χ3v) is 5.29. The van der Waals surface area contributed by atoms with E-state index in [9.17, 15) is 14.4 Å². The SMILES string of the molecule is COC(=O)C1=C(C(=O)OC)N(c2cccc(Sc3cc(C(=O)OC)ccn3)c2)C=CC=C1. The maximum absolute atomic E-state index is 12.6. The molecule has 164 valence electrons. The molecule has 3 rings (SSSR count). The summed E-state index contributed by atoms with van der Waals surface area (Å²) >= 11 is 1.33. The van der Waals surface area contributed by atoms with Gasteiger partial charge in [-0.25, -0.2) is 19.4 Å². The van der Waals surface area contributed by atoms with Gasteiger partial charge in [0.05, 0.1) is 32.5 Å². The molecule has 32 heavy (non-hydrogen) atoms.